The number of carbonyl (C=O) groups excluding carboxylic acids is 1. The van der Waals surface area contributed by atoms with Crippen molar-refractivity contribution in [2.24, 2.45) is 13.0 Å². The Morgan fingerprint density at radius 2 is 2.09 bits per heavy atom. The number of hydrogen-bond donors (Lipinski definition) is 3. The maximum Gasteiger partial charge on any atom is 0.319 e. The Balaban J connectivity index is 1.39. The highest BCUT2D eigenvalue weighted by molar-refractivity contribution is 6.30. The van der Waals surface area contributed by atoms with E-state index in [1.807, 2.05) is 43.4 Å². The van der Waals surface area contributed by atoms with Crippen LogP contribution in [0.2, 0.25) is 5.02 Å². The van der Waals surface area contributed by atoms with Crippen LogP contribution in [0.25, 0.3) is 11.3 Å². The number of rotatable bonds is 9. The Bertz CT molecular complexity index is 1060. The Labute approximate surface area is 199 Å². The third-order valence-corrected chi connectivity index (χ3v) is 6.13. The molecule has 2 aromatic carbocycles. The molecule has 1 unspecified atom stereocenters. The Hall–Kier alpha value is -3.03. The monoisotopic (exact) mass is 467 g/mol. The van der Waals surface area contributed by atoms with Gasteiger partial charge in [0.2, 0.25) is 0 Å². The van der Waals surface area contributed by atoms with Gasteiger partial charge in [0.1, 0.15) is 5.75 Å². The third-order valence-electron chi connectivity index (χ3n) is 5.88. The van der Waals surface area contributed by atoms with Crippen LogP contribution in [0, 0.1) is 5.92 Å². The van der Waals surface area contributed by atoms with Crippen molar-refractivity contribution in [3.8, 4) is 17.0 Å². The number of benzene rings is 2. The molecule has 1 atom stereocenters. The fourth-order valence-corrected chi connectivity index (χ4v) is 4.17. The average molecular weight is 468 g/mol. The minimum Gasteiger partial charge on any atom is -0.493 e. The summed E-state index contributed by atoms with van der Waals surface area (Å²) in [6, 6.07) is 14.7. The van der Waals surface area contributed by atoms with E-state index in [1.165, 1.54) is 12.8 Å². The zero-order valence-corrected chi connectivity index (χ0v) is 19.6. The summed E-state index contributed by atoms with van der Waals surface area (Å²) in [6.45, 7) is 3.31. The van der Waals surface area contributed by atoms with Gasteiger partial charge in [0.15, 0.2) is 0 Å². The van der Waals surface area contributed by atoms with E-state index in [1.54, 1.807) is 23.0 Å². The third kappa shape index (κ3) is 6.49. The van der Waals surface area contributed by atoms with E-state index in [2.05, 4.69) is 21.0 Å². The summed E-state index contributed by atoms with van der Waals surface area (Å²) in [6.07, 6.45) is 5.19. The molecule has 3 N–H and O–H groups in total. The zero-order chi connectivity index (χ0) is 23.0. The Morgan fingerprint density at radius 1 is 1.24 bits per heavy atom. The molecule has 1 saturated heterocycles. The van der Waals surface area contributed by atoms with Crippen LogP contribution in [-0.2, 0) is 13.6 Å². The molecule has 174 valence electrons. The first-order valence-electron chi connectivity index (χ1n) is 11.3. The van der Waals surface area contributed by atoms with E-state index in [0.29, 0.717) is 23.9 Å². The molecule has 1 fully saturated rings. The smallest absolute Gasteiger partial charge is 0.319 e. The lowest BCUT2D eigenvalue weighted by Crippen LogP contribution is -2.28. The summed E-state index contributed by atoms with van der Waals surface area (Å²) in [5.41, 5.74) is 3.48. The van der Waals surface area contributed by atoms with Gasteiger partial charge in [-0.15, -0.1) is 0 Å². The number of nitrogens with one attached hydrogen (secondary N) is 3. The molecule has 8 heteroatoms. The van der Waals surface area contributed by atoms with Crippen LogP contribution in [0.4, 0.5) is 10.5 Å². The molecule has 0 radical (unpaired) electrons. The summed E-state index contributed by atoms with van der Waals surface area (Å²) >= 11 is 5.91. The molecule has 2 amide bonds. The number of carbonyl (C=O) groups is 1. The molecule has 0 spiro atoms. The standard InChI is InChI=1S/C25H30ClN5O2/c1-31-23(11-13-29-31)22-15-21(30-25(32)28-17-19-4-6-20(26)7-5-19)8-9-24(22)33-14-2-3-18-10-12-27-16-18/h4-9,11,13,15,18,27H,2-3,10,12,14,16-17H2,1H3,(H2,28,30,32). The molecule has 1 aromatic heterocycles. The molecule has 7 nitrogen and oxygen atoms in total. The van der Waals surface area contributed by atoms with Gasteiger partial charge in [-0.2, -0.15) is 5.10 Å². The van der Waals surface area contributed by atoms with Crippen LogP contribution in [0.5, 0.6) is 5.75 Å². The normalized spacial score (nSPS) is 15.4. The molecule has 2 heterocycles. The van der Waals surface area contributed by atoms with Gasteiger partial charge in [0, 0.05) is 36.1 Å². The van der Waals surface area contributed by atoms with Crippen LogP contribution in [0.15, 0.2) is 54.7 Å². The number of nitrogens with zero attached hydrogens (tertiary/aromatic N) is 2. The fraction of sp³-hybridized carbons (Fsp3) is 0.360. The van der Waals surface area contributed by atoms with Crippen molar-refractivity contribution in [3.05, 3.63) is 65.3 Å². The first kappa shape index (κ1) is 23.1. The molecule has 4 rings (SSSR count). The van der Waals surface area contributed by atoms with E-state index in [-0.39, 0.29) is 6.03 Å². The van der Waals surface area contributed by atoms with Crippen molar-refractivity contribution in [1.29, 1.82) is 0 Å². The minimum atomic E-state index is -0.278. The maximum absolute atomic E-state index is 12.4. The van der Waals surface area contributed by atoms with Gasteiger partial charge in [0.05, 0.1) is 12.3 Å². The second-order valence-corrected chi connectivity index (χ2v) is 8.77. The second-order valence-electron chi connectivity index (χ2n) is 8.33. The SMILES string of the molecule is Cn1nccc1-c1cc(NC(=O)NCc2ccc(Cl)cc2)ccc1OCCCC1CCNC1. The lowest BCUT2D eigenvalue weighted by atomic mass is 10.0. The number of aromatic nitrogens is 2. The van der Waals surface area contributed by atoms with Crippen LogP contribution >= 0.6 is 11.6 Å². The number of urea groups is 1. The minimum absolute atomic E-state index is 0.278. The van der Waals surface area contributed by atoms with Crippen molar-refractivity contribution in [1.82, 2.24) is 20.4 Å². The summed E-state index contributed by atoms with van der Waals surface area (Å²) in [7, 11) is 1.89. The molecule has 0 bridgehead atoms. The van der Waals surface area contributed by atoms with Gasteiger partial charge in [-0.1, -0.05) is 23.7 Å². The summed E-state index contributed by atoms with van der Waals surface area (Å²) in [4.78, 5) is 12.4. The predicted octanol–water partition coefficient (Wildman–Crippen LogP) is 4.83. The summed E-state index contributed by atoms with van der Waals surface area (Å²) in [5, 5.41) is 14.1. The highest BCUT2D eigenvalue weighted by Crippen LogP contribution is 2.32. The van der Waals surface area contributed by atoms with E-state index >= 15 is 0 Å². The van der Waals surface area contributed by atoms with Crippen molar-refractivity contribution in [3.63, 3.8) is 0 Å². The predicted molar refractivity (Wildman–Crippen MR) is 132 cm³/mol. The van der Waals surface area contributed by atoms with Crippen LogP contribution in [-0.4, -0.2) is 35.5 Å². The van der Waals surface area contributed by atoms with E-state index < -0.39 is 0 Å². The van der Waals surface area contributed by atoms with Crippen molar-refractivity contribution >= 4 is 23.3 Å². The lowest BCUT2D eigenvalue weighted by molar-refractivity contribution is 0.251. The largest absolute Gasteiger partial charge is 0.493 e. The highest BCUT2D eigenvalue weighted by Gasteiger charge is 2.15. The Kier molecular flexibility index (Phi) is 7.86. The van der Waals surface area contributed by atoms with Crippen LogP contribution < -0.4 is 20.7 Å². The molecule has 33 heavy (non-hydrogen) atoms. The molecule has 0 saturated carbocycles. The number of anilines is 1. The van der Waals surface area contributed by atoms with E-state index in [0.717, 1.165) is 48.0 Å². The van der Waals surface area contributed by atoms with Crippen LogP contribution in [0.1, 0.15) is 24.8 Å². The average Bonchev–Trinajstić information content (AvgIpc) is 3.49. The maximum atomic E-state index is 12.4. The van der Waals surface area contributed by atoms with Crippen molar-refractivity contribution in [2.45, 2.75) is 25.8 Å². The number of hydrogen-bond acceptors (Lipinski definition) is 4. The van der Waals surface area contributed by atoms with Gasteiger partial charge in [-0.05, 0) is 80.2 Å². The molecule has 3 aromatic rings. The topological polar surface area (TPSA) is 80.2 Å². The van der Waals surface area contributed by atoms with Gasteiger partial charge in [-0.3, -0.25) is 4.68 Å². The quantitative estimate of drug-likeness (QED) is 0.394. The fourth-order valence-electron chi connectivity index (χ4n) is 4.05. The Morgan fingerprint density at radius 3 is 2.82 bits per heavy atom. The first-order chi connectivity index (χ1) is 16.1. The van der Waals surface area contributed by atoms with Gasteiger partial charge in [-0.25, -0.2) is 4.79 Å². The first-order valence-corrected chi connectivity index (χ1v) is 11.7. The molecular formula is C25H30ClN5O2. The number of aryl methyl sites for hydroxylation is 1. The summed E-state index contributed by atoms with van der Waals surface area (Å²) in [5.74, 6) is 1.54. The van der Waals surface area contributed by atoms with Crippen molar-refractivity contribution < 1.29 is 9.53 Å². The second kappa shape index (κ2) is 11.2. The van der Waals surface area contributed by atoms with Gasteiger partial charge in [0.25, 0.3) is 0 Å². The number of ether oxygens (including phenoxy) is 1. The lowest BCUT2D eigenvalue weighted by Gasteiger charge is -2.15. The number of amides is 2. The molecule has 1 aliphatic heterocycles. The summed E-state index contributed by atoms with van der Waals surface area (Å²) < 4.78 is 7.95. The molecular weight excluding hydrogens is 438 g/mol. The van der Waals surface area contributed by atoms with Gasteiger partial charge < -0.3 is 20.7 Å². The van der Waals surface area contributed by atoms with Crippen LogP contribution in [0.3, 0.4) is 0 Å². The molecule has 0 aliphatic carbocycles. The van der Waals surface area contributed by atoms with Gasteiger partial charge >= 0.3 is 6.03 Å². The highest BCUT2D eigenvalue weighted by atomic mass is 35.5. The number of halogens is 1. The zero-order valence-electron chi connectivity index (χ0n) is 18.8. The molecule has 1 aliphatic rings. The van der Waals surface area contributed by atoms with Crippen molar-refractivity contribution in [2.75, 3.05) is 25.0 Å². The van der Waals surface area contributed by atoms with E-state index in [9.17, 15) is 4.79 Å². The van der Waals surface area contributed by atoms with E-state index in [4.69, 9.17) is 16.3 Å².